The van der Waals surface area contributed by atoms with Crippen molar-refractivity contribution in [1.82, 2.24) is 9.78 Å². The van der Waals surface area contributed by atoms with Gasteiger partial charge in [0.1, 0.15) is 5.82 Å². The van der Waals surface area contributed by atoms with Gasteiger partial charge in [-0.05, 0) is 31.5 Å². The molecule has 0 aliphatic rings. The summed E-state index contributed by atoms with van der Waals surface area (Å²) in [5.74, 6) is -0.228. The first-order valence-corrected chi connectivity index (χ1v) is 7.14. The number of para-hydroxylation sites is 2. The monoisotopic (exact) mass is 283 g/mol. The molecule has 0 saturated carbocycles. The summed E-state index contributed by atoms with van der Waals surface area (Å²) in [6, 6.07) is 13.2. The number of nitrogens with one attached hydrogen (secondary N) is 1. The molecule has 0 saturated heterocycles. The lowest BCUT2D eigenvalue weighted by Gasteiger charge is -2.09. The van der Waals surface area contributed by atoms with Crippen molar-refractivity contribution in [2.24, 2.45) is 0 Å². The Hall–Kier alpha value is -2.36. The Morgan fingerprint density at radius 3 is 2.71 bits per heavy atom. The molecule has 3 rings (SSSR count). The molecule has 21 heavy (non-hydrogen) atoms. The average Bonchev–Trinajstić information content (AvgIpc) is 2.85. The predicted octanol–water partition coefficient (Wildman–Crippen LogP) is 4.12. The van der Waals surface area contributed by atoms with Crippen LogP contribution in [0, 0.1) is 12.7 Å². The third-order valence-corrected chi connectivity index (χ3v) is 3.69. The fraction of sp³-hybridized carbons (Fsp3) is 0.235. The van der Waals surface area contributed by atoms with Gasteiger partial charge in [0, 0.05) is 11.9 Å². The zero-order valence-corrected chi connectivity index (χ0v) is 12.2. The van der Waals surface area contributed by atoms with Gasteiger partial charge in [0.15, 0.2) is 0 Å². The van der Waals surface area contributed by atoms with E-state index < -0.39 is 0 Å². The van der Waals surface area contributed by atoms with Crippen LogP contribution in [0.5, 0.6) is 0 Å². The summed E-state index contributed by atoms with van der Waals surface area (Å²) in [6.45, 7) is 5.29. The number of benzene rings is 2. The van der Waals surface area contributed by atoms with Crippen molar-refractivity contribution in [1.29, 1.82) is 0 Å². The number of halogens is 1. The fourth-order valence-corrected chi connectivity index (χ4v) is 2.60. The molecular formula is C17H18FN3. The minimum atomic E-state index is -0.228. The summed E-state index contributed by atoms with van der Waals surface area (Å²) in [7, 11) is 0. The number of aryl methyl sites for hydroxylation is 2. The Morgan fingerprint density at radius 2 is 1.95 bits per heavy atom. The van der Waals surface area contributed by atoms with Gasteiger partial charge in [-0.25, -0.2) is 4.39 Å². The van der Waals surface area contributed by atoms with Crippen LogP contribution in [0.3, 0.4) is 0 Å². The number of aromatic nitrogens is 2. The van der Waals surface area contributed by atoms with Crippen LogP contribution in [-0.4, -0.2) is 9.78 Å². The summed E-state index contributed by atoms with van der Waals surface area (Å²) in [5.41, 5.74) is 3.50. The molecule has 1 N–H and O–H groups in total. The molecule has 108 valence electrons. The summed E-state index contributed by atoms with van der Waals surface area (Å²) < 4.78 is 15.8. The van der Waals surface area contributed by atoms with E-state index in [0.29, 0.717) is 12.2 Å². The Kier molecular flexibility index (Phi) is 3.60. The molecule has 0 atom stereocenters. The summed E-state index contributed by atoms with van der Waals surface area (Å²) >= 11 is 0. The molecule has 0 amide bonds. The van der Waals surface area contributed by atoms with Crippen LogP contribution in [0.4, 0.5) is 10.1 Å². The quantitative estimate of drug-likeness (QED) is 0.780. The van der Waals surface area contributed by atoms with Crippen molar-refractivity contribution in [3.05, 3.63) is 59.5 Å². The number of hydrogen-bond acceptors (Lipinski definition) is 2. The topological polar surface area (TPSA) is 29.9 Å². The second kappa shape index (κ2) is 5.56. The zero-order chi connectivity index (χ0) is 14.8. The first-order valence-electron chi connectivity index (χ1n) is 7.14. The van der Waals surface area contributed by atoms with E-state index in [1.807, 2.05) is 29.8 Å². The van der Waals surface area contributed by atoms with Gasteiger partial charge in [0.05, 0.1) is 23.4 Å². The van der Waals surface area contributed by atoms with Gasteiger partial charge in [0.2, 0.25) is 0 Å². The highest BCUT2D eigenvalue weighted by atomic mass is 19.1. The highest BCUT2D eigenvalue weighted by Crippen LogP contribution is 2.22. The molecule has 0 fully saturated rings. The van der Waals surface area contributed by atoms with Gasteiger partial charge in [-0.15, -0.1) is 0 Å². The molecule has 0 radical (unpaired) electrons. The molecule has 1 heterocycles. The number of nitrogens with zero attached hydrogens (tertiary/aromatic N) is 2. The van der Waals surface area contributed by atoms with Gasteiger partial charge in [0.25, 0.3) is 0 Å². The maximum atomic E-state index is 13.9. The maximum Gasteiger partial charge on any atom is 0.146 e. The van der Waals surface area contributed by atoms with Crippen molar-refractivity contribution in [2.75, 3.05) is 5.32 Å². The van der Waals surface area contributed by atoms with Crippen molar-refractivity contribution >= 4 is 16.6 Å². The molecule has 0 aliphatic heterocycles. The molecule has 2 aromatic carbocycles. The van der Waals surface area contributed by atoms with Crippen LogP contribution < -0.4 is 5.32 Å². The molecular weight excluding hydrogens is 265 g/mol. The highest BCUT2D eigenvalue weighted by Gasteiger charge is 2.10. The van der Waals surface area contributed by atoms with Gasteiger partial charge >= 0.3 is 0 Å². The summed E-state index contributed by atoms with van der Waals surface area (Å²) in [6.07, 6.45) is 0. The number of anilines is 1. The van der Waals surface area contributed by atoms with E-state index in [0.717, 1.165) is 28.7 Å². The smallest absolute Gasteiger partial charge is 0.146 e. The largest absolute Gasteiger partial charge is 0.377 e. The van der Waals surface area contributed by atoms with Gasteiger partial charge < -0.3 is 5.32 Å². The number of fused-ring (bicyclic) bond motifs is 1. The standard InChI is InChI=1S/C17H18FN3/c1-3-21-16-10-5-4-8-13(16)15(20-21)11-19-17-12(2)7-6-9-14(17)18/h4-10,19H,3,11H2,1-2H3. The first-order chi connectivity index (χ1) is 10.2. The fourth-order valence-electron chi connectivity index (χ4n) is 2.60. The van der Waals surface area contributed by atoms with Gasteiger partial charge in [-0.1, -0.05) is 30.3 Å². The lowest BCUT2D eigenvalue weighted by molar-refractivity contribution is 0.628. The van der Waals surface area contributed by atoms with Gasteiger partial charge in [-0.3, -0.25) is 4.68 Å². The van der Waals surface area contributed by atoms with Crippen molar-refractivity contribution < 1.29 is 4.39 Å². The minimum absolute atomic E-state index is 0.228. The van der Waals surface area contributed by atoms with E-state index in [2.05, 4.69) is 29.5 Å². The normalized spacial score (nSPS) is 11.0. The molecule has 4 heteroatoms. The average molecular weight is 283 g/mol. The summed E-state index contributed by atoms with van der Waals surface area (Å²) in [5, 5.41) is 8.90. The van der Waals surface area contributed by atoms with Crippen LogP contribution in [0.2, 0.25) is 0 Å². The van der Waals surface area contributed by atoms with E-state index in [-0.39, 0.29) is 5.82 Å². The zero-order valence-electron chi connectivity index (χ0n) is 12.2. The predicted molar refractivity (Wildman–Crippen MR) is 83.9 cm³/mol. The van der Waals surface area contributed by atoms with Crippen molar-refractivity contribution in [3.63, 3.8) is 0 Å². The van der Waals surface area contributed by atoms with Crippen LogP contribution >= 0.6 is 0 Å². The van der Waals surface area contributed by atoms with Crippen LogP contribution in [0.15, 0.2) is 42.5 Å². The van der Waals surface area contributed by atoms with Crippen molar-refractivity contribution in [3.8, 4) is 0 Å². The number of rotatable bonds is 4. The van der Waals surface area contributed by atoms with Crippen LogP contribution in [0.1, 0.15) is 18.2 Å². The Balaban J connectivity index is 1.92. The lowest BCUT2D eigenvalue weighted by atomic mass is 10.1. The third kappa shape index (κ3) is 2.49. The van der Waals surface area contributed by atoms with E-state index in [4.69, 9.17) is 0 Å². The molecule has 0 aliphatic carbocycles. The SMILES string of the molecule is CCn1nc(CNc2c(C)cccc2F)c2ccccc21. The Bertz CT molecular complexity index is 757. The minimum Gasteiger partial charge on any atom is -0.377 e. The number of hydrogen-bond donors (Lipinski definition) is 1. The van der Waals surface area contributed by atoms with Crippen LogP contribution in [-0.2, 0) is 13.1 Å². The lowest BCUT2D eigenvalue weighted by Crippen LogP contribution is -2.05. The molecule has 3 nitrogen and oxygen atoms in total. The van der Waals surface area contributed by atoms with E-state index in [1.54, 1.807) is 6.07 Å². The van der Waals surface area contributed by atoms with Gasteiger partial charge in [-0.2, -0.15) is 5.10 Å². The second-order valence-corrected chi connectivity index (χ2v) is 5.06. The molecule has 0 bridgehead atoms. The van der Waals surface area contributed by atoms with E-state index in [9.17, 15) is 4.39 Å². The van der Waals surface area contributed by atoms with Crippen molar-refractivity contribution in [2.45, 2.75) is 26.9 Å². The molecule has 0 unspecified atom stereocenters. The molecule has 0 spiro atoms. The van der Waals surface area contributed by atoms with E-state index >= 15 is 0 Å². The first kappa shape index (κ1) is 13.6. The molecule has 1 aromatic heterocycles. The van der Waals surface area contributed by atoms with Crippen LogP contribution in [0.25, 0.3) is 10.9 Å². The molecule has 3 aromatic rings. The Labute approximate surface area is 123 Å². The Morgan fingerprint density at radius 1 is 1.14 bits per heavy atom. The van der Waals surface area contributed by atoms with E-state index in [1.165, 1.54) is 6.07 Å². The summed E-state index contributed by atoms with van der Waals surface area (Å²) in [4.78, 5) is 0. The second-order valence-electron chi connectivity index (χ2n) is 5.06. The maximum absolute atomic E-state index is 13.9. The highest BCUT2D eigenvalue weighted by molar-refractivity contribution is 5.82. The third-order valence-electron chi connectivity index (χ3n) is 3.69.